The van der Waals surface area contributed by atoms with Crippen LogP contribution in [-0.2, 0) is 16.2 Å². The Morgan fingerprint density at radius 3 is 2.87 bits per heavy atom. The van der Waals surface area contributed by atoms with Crippen molar-refractivity contribution < 1.29 is 18.8 Å². The topological polar surface area (TPSA) is 59.9 Å². The third kappa shape index (κ3) is 4.96. The van der Waals surface area contributed by atoms with Crippen molar-refractivity contribution >= 4 is 29.4 Å². The zero-order chi connectivity index (χ0) is 16.7. The molecule has 0 bridgehead atoms. The molecule has 0 atom stereocenters. The van der Waals surface area contributed by atoms with E-state index in [1.165, 1.54) is 13.2 Å². The van der Waals surface area contributed by atoms with Crippen LogP contribution in [0.3, 0.4) is 0 Å². The fourth-order valence-electron chi connectivity index (χ4n) is 1.75. The van der Waals surface area contributed by atoms with Crippen molar-refractivity contribution in [3.05, 3.63) is 58.9 Å². The fourth-order valence-corrected chi connectivity index (χ4v) is 1.92. The van der Waals surface area contributed by atoms with Crippen LogP contribution in [-0.4, -0.2) is 19.2 Å². The Bertz CT molecular complexity index is 722. The van der Waals surface area contributed by atoms with Crippen molar-refractivity contribution in [2.24, 2.45) is 5.16 Å². The summed E-state index contributed by atoms with van der Waals surface area (Å²) in [7, 11) is 1.48. The molecule has 2 rings (SSSR count). The Morgan fingerprint density at radius 1 is 1.35 bits per heavy atom. The van der Waals surface area contributed by atoms with Gasteiger partial charge in [0.2, 0.25) is 0 Å². The van der Waals surface area contributed by atoms with Gasteiger partial charge in [-0.1, -0.05) is 35.0 Å². The van der Waals surface area contributed by atoms with Gasteiger partial charge in [-0.3, -0.25) is 4.79 Å². The van der Waals surface area contributed by atoms with Gasteiger partial charge in [-0.25, -0.2) is 4.39 Å². The highest BCUT2D eigenvalue weighted by Gasteiger charge is 2.07. The summed E-state index contributed by atoms with van der Waals surface area (Å²) in [6.45, 7) is -0.0725. The Hall–Kier alpha value is -2.60. The minimum Gasteiger partial charge on any atom is -0.495 e. The molecule has 0 saturated heterocycles. The first-order valence-corrected chi connectivity index (χ1v) is 7.01. The first-order chi connectivity index (χ1) is 11.1. The molecule has 5 nitrogen and oxygen atoms in total. The lowest BCUT2D eigenvalue weighted by molar-refractivity contribution is -0.110. The van der Waals surface area contributed by atoms with Gasteiger partial charge in [0.05, 0.1) is 12.8 Å². The number of halogens is 2. The molecule has 0 aliphatic heterocycles. The van der Waals surface area contributed by atoms with Crippen LogP contribution in [0, 0.1) is 5.82 Å². The Morgan fingerprint density at radius 2 is 2.13 bits per heavy atom. The quantitative estimate of drug-likeness (QED) is 0.647. The molecule has 0 heterocycles. The summed E-state index contributed by atoms with van der Waals surface area (Å²) in [5.41, 5.74) is 0.757. The normalized spacial score (nSPS) is 10.6. The molecular formula is C16H14ClFN2O3. The maximum Gasteiger partial charge on any atom is 0.270 e. The van der Waals surface area contributed by atoms with Crippen molar-refractivity contribution in [3.8, 4) is 5.75 Å². The van der Waals surface area contributed by atoms with Gasteiger partial charge < -0.3 is 14.9 Å². The van der Waals surface area contributed by atoms with E-state index in [0.29, 0.717) is 22.0 Å². The molecule has 2 aromatic rings. The number of methoxy groups -OCH3 is 1. The second kappa shape index (κ2) is 8.14. The van der Waals surface area contributed by atoms with Crippen LogP contribution < -0.4 is 10.1 Å². The third-order valence-corrected chi connectivity index (χ3v) is 3.08. The molecule has 1 amide bonds. The summed E-state index contributed by atoms with van der Waals surface area (Å²) < 4.78 is 18.5. The monoisotopic (exact) mass is 336 g/mol. The van der Waals surface area contributed by atoms with Gasteiger partial charge in [0, 0.05) is 10.6 Å². The van der Waals surface area contributed by atoms with E-state index in [0.717, 1.165) is 6.21 Å². The molecular weight excluding hydrogens is 323 g/mol. The molecule has 1 N–H and O–H groups in total. The summed E-state index contributed by atoms with van der Waals surface area (Å²) in [6.07, 6.45) is 0.946. The van der Waals surface area contributed by atoms with E-state index in [1.54, 1.807) is 36.4 Å². The van der Waals surface area contributed by atoms with Crippen LogP contribution >= 0.6 is 11.6 Å². The number of benzene rings is 2. The number of oxime groups is 1. The molecule has 23 heavy (non-hydrogen) atoms. The van der Waals surface area contributed by atoms with Gasteiger partial charge in [-0.05, 0) is 24.3 Å². The van der Waals surface area contributed by atoms with Gasteiger partial charge in [0.15, 0.2) is 0 Å². The molecule has 0 saturated carbocycles. The average molecular weight is 337 g/mol. The molecule has 7 heteroatoms. The number of hydrogen-bond donors (Lipinski definition) is 1. The highest BCUT2D eigenvalue weighted by atomic mass is 35.5. The van der Waals surface area contributed by atoms with Gasteiger partial charge in [-0.2, -0.15) is 0 Å². The van der Waals surface area contributed by atoms with Crippen molar-refractivity contribution in [3.63, 3.8) is 0 Å². The van der Waals surface area contributed by atoms with Crippen LogP contribution in [0.2, 0.25) is 5.02 Å². The molecule has 0 spiro atoms. The number of rotatable bonds is 6. The lowest BCUT2D eigenvalue weighted by atomic mass is 10.2. The summed E-state index contributed by atoms with van der Waals surface area (Å²) in [4.78, 5) is 16.7. The second-order valence-electron chi connectivity index (χ2n) is 4.43. The summed E-state index contributed by atoms with van der Waals surface area (Å²) in [6, 6.07) is 11.0. The average Bonchev–Trinajstić information content (AvgIpc) is 2.53. The molecule has 0 aliphatic rings. The third-order valence-electron chi connectivity index (χ3n) is 2.84. The molecule has 0 aliphatic carbocycles. The molecule has 120 valence electrons. The second-order valence-corrected chi connectivity index (χ2v) is 4.87. The van der Waals surface area contributed by atoms with E-state index in [-0.39, 0.29) is 6.61 Å². The van der Waals surface area contributed by atoms with Crippen LogP contribution in [0.4, 0.5) is 10.1 Å². The first-order valence-electron chi connectivity index (χ1n) is 6.63. The van der Waals surface area contributed by atoms with E-state index in [1.807, 2.05) is 0 Å². The zero-order valence-corrected chi connectivity index (χ0v) is 13.0. The van der Waals surface area contributed by atoms with Crippen LogP contribution in [0.25, 0.3) is 0 Å². The number of amides is 1. The number of hydrogen-bond acceptors (Lipinski definition) is 4. The van der Waals surface area contributed by atoms with Gasteiger partial charge >= 0.3 is 0 Å². The predicted octanol–water partition coefficient (Wildman–Crippen LogP) is 3.63. The maximum atomic E-state index is 13.3. The zero-order valence-electron chi connectivity index (χ0n) is 12.3. The van der Waals surface area contributed by atoms with Gasteiger partial charge in [0.25, 0.3) is 5.91 Å². The van der Waals surface area contributed by atoms with Crippen LogP contribution in [0.1, 0.15) is 5.56 Å². The molecule has 0 unspecified atom stereocenters. The standard InChI is InChI=1S/C16H14ClFN2O3/c1-22-15-7-6-12(17)8-14(15)20-16(21)9-19-23-10-11-4-2-3-5-13(11)18/h2-9H,10H2,1H3,(H,20,21)/b19-9-. The molecule has 0 radical (unpaired) electrons. The van der Waals surface area contributed by atoms with E-state index in [9.17, 15) is 9.18 Å². The van der Waals surface area contributed by atoms with Crippen molar-refractivity contribution in [1.82, 2.24) is 0 Å². The number of nitrogens with one attached hydrogen (secondary N) is 1. The lowest BCUT2D eigenvalue weighted by Crippen LogP contribution is -2.13. The number of carbonyl (C=O) groups is 1. The smallest absolute Gasteiger partial charge is 0.270 e. The van der Waals surface area contributed by atoms with E-state index < -0.39 is 11.7 Å². The number of carbonyl (C=O) groups excluding carboxylic acids is 1. The summed E-state index contributed by atoms with van der Waals surface area (Å²) >= 11 is 5.87. The highest BCUT2D eigenvalue weighted by Crippen LogP contribution is 2.27. The van der Waals surface area contributed by atoms with Crippen LogP contribution in [0.5, 0.6) is 5.75 Å². The first kappa shape index (κ1) is 16.8. The van der Waals surface area contributed by atoms with Crippen molar-refractivity contribution in [1.29, 1.82) is 0 Å². The van der Waals surface area contributed by atoms with E-state index in [4.69, 9.17) is 21.2 Å². The highest BCUT2D eigenvalue weighted by molar-refractivity contribution is 6.33. The molecule has 0 fully saturated rings. The van der Waals surface area contributed by atoms with Crippen molar-refractivity contribution in [2.75, 3.05) is 12.4 Å². The van der Waals surface area contributed by atoms with E-state index in [2.05, 4.69) is 10.5 Å². The SMILES string of the molecule is COc1ccc(Cl)cc1NC(=O)/C=N\OCc1ccccc1F. The fraction of sp³-hybridized carbons (Fsp3) is 0.125. The minimum atomic E-state index is -0.529. The summed E-state index contributed by atoms with van der Waals surface area (Å²) in [5, 5.41) is 6.52. The molecule has 0 aromatic heterocycles. The van der Waals surface area contributed by atoms with Gasteiger partial charge in [-0.15, -0.1) is 0 Å². The maximum absolute atomic E-state index is 13.3. The predicted molar refractivity (Wildman–Crippen MR) is 86.3 cm³/mol. The molecule has 2 aromatic carbocycles. The number of ether oxygens (including phenoxy) is 1. The Kier molecular flexibility index (Phi) is 5.94. The van der Waals surface area contributed by atoms with Gasteiger partial charge in [0.1, 0.15) is 24.4 Å². The largest absolute Gasteiger partial charge is 0.495 e. The van der Waals surface area contributed by atoms with Crippen LogP contribution in [0.15, 0.2) is 47.6 Å². The lowest BCUT2D eigenvalue weighted by Gasteiger charge is -2.08. The van der Waals surface area contributed by atoms with Crippen molar-refractivity contribution in [2.45, 2.75) is 6.61 Å². The Labute approximate surface area is 137 Å². The number of nitrogens with zero attached hydrogens (tertiary/aromatic N) is 1. The Balaban J connectivity index is 1.90. The minimum absolute atomic E-state index is 0.0725. The number of anilines is 1. The van der Waals surface area contributed by atoms with E-state index >= 15 is 0 Å². The summed E-state index contributed by atoms with van der Waals surface area (Å²) in [5.74, 6) is -0.460.